The number of ether oxygens (including phenoxy) is 3. The number of rotatable bonds is 8. The molecule has 65 heavy (non-hydrogen) atoms. The second kappa shape index (κ2) is 22.0. The predicted molar refractivity (Wildman–Crippen MR) is 231 cm³/mol. The highest BCUT2D eigenvalue weighted by atomic mass is 16.6. The Morgan fingerprint density at radius 3 is 1.31 bits per heavy atom. The number of carbonyl (C=O) groups is 10. The molecule has 0 aromatic carbocycles. The number of likely N-dealkylation sites (N-methyl/N-ethyl adjacent to an activating group) is 2. The highest BCUT2D eigenvalue weighted by molar-refractivity contribution is 5.95. The molecule has 366 valence electrons. The normalized spacial score (nSPS) is 24.4. The fourth-order valence-electron chi connectivity index (χ4n) is 8.07. The number of methoxy groups -OCH3 is 1. The molecule has 0 bridgehead atoms. The SMILES string of the molecule is CC(=O)N1CC[C@H]2CC[C@@H](C(=O)O)N2C(=O)[C@@H](NC(=O)[C@H](C)N(C)C(=O)OC(C)(C)C)C1.COC(=O)[C@@H]1CC[C@@H]2CCN(C(C)=O)C[C@H](NC(=O)[C@H](C)N(C)C(=O)OC(C)(C)C)C(=O)N21. The van der Waals surface area contributed by atoms with Gasteiger partial charge >= 0.3 is 24.1 Å². The van der Waals surface area contributed by atoms with Gasteiger partial charge in [0.2, 0.25) is 35.4 Å². The van der Waals surface area contributed by atoms with E-state index < -0.39 is 95.2 Å². The van der Waals surface area contributed by atoms with E-state index in [0.717, 1.165) is 9.80 Å². The van der Waals surface area contributed by atoms with Crippen LogP contribution in [0.25, 0.3) is 0 Å². The van der Waals surface area contributed by atoms with Crippen LogP contribution in [0.3, 0.4) is 0 Å². The Kier molecular flexibility index (Phi) is 18.1. The van der Waals surface area contributed by atoms with Crippen molar-refractivity contribution < 1.29 is 67.3 Å². The Labute approximate surface area is 380 Å². The van der Waals surface area contributed by atoms with E-state index in [0.29, 0.717) is 51.6 Å². The maximum absolute atomic E-state index is 13.5. The van der Waals surface area contributed by atoms with Crippen molar-refractivity contribution in [1.29, 1.82) is 0 Å². The Bertz CT molecular complexity index is 1830. The van der Waals surface area contributed by atoms with Gasteiger partial charge in [0.05, 0.1) is 7.11 Å². The summed E-state index contributed by atoms with van der Waals surface area (Å²) in [6.07, 6.45) is 1.56. The number of nitrogens with zero attached hydrogens (tertiary/aromatic N) is 6. The number of hydrogen-bond donors (Lipinski definition) is 3. The topological polar surface area (TPSA) is 262 Å². The highest BCUT2D eigenvalue weighted by Gasteiger charge is 2.47. The van der Waals surface area contributed by atoms with Crippen LogP contribution in [0.4, 0.5) is 9.59 Å². The van der Waals surface area contributed by atoms with Crippen LogP contribution in [-0.2, 0) is 52.6 Å². The molecule has 22 heteroatoms. The average Bonchev–Trinajstić information content (AvgIpc) is 3.82. The molecule has 4 rings (SSSR count). The zero-order chi connectivity index (χ0) is 49.5. The monoisotopic (exact) mass is 923 g/mol. The van der Waals surface area contributed by atoms with Crippen molar-refractivity contribution in [3.63, 3.8) is 0 Å². The number of carboxylic acids is 1. The molecule has 4 fully saturated rings. The van der Waals surface area contributed by atoms with Gasteiger partial charge < -0.3 is 49.6 Å². The standard InChI is InChI=1S/C22H36N4O7.C21H34N4O7/c1-13(24(6)21(31)33-22(3,4)5)18(28)23-16-12-25(14(2)27)11-10-15-8-9-17(20(30)32-7)26(15)19(16)29;1-12(23(6)20(31)32-21(3,4)5)17(27)22-15-11-24(13(2)26)10-9-14-7-8-16(19(29)30)25(14)18(15)28/h13,15-17H,8-12H2,1-7H3,(H,23,28);12,14-16H,7-11H2,1-6H3,(H,22,27)(H,29,30)/t13-,15+,16-,17-;12-,14+,15-,16-/m00/s1. The first kappa shape index (κ1) is 53.6. The molecular weight excluding hydrogens is 853 g/mol. The minimum atomic E-state index is -1.12. The van der Waals surface area contributed by atoms with Crippen LogP contribution < -0.4 is 10.6 Å². The van der Waals surface area contributed by atoms with Crippen LogP contribution in [0, 0.1) is 0 Å². The summed E-state index contributed by atoms with van der Waals surface area (Å²) in [6, 6.07) is -6.31. The molecule has 8 atom stereocenters. The van der Waals surface area contributed by atoms with Gasteiger partial charge in [-0.15, -0.1) is 0 Å². The van der Waals surface area contributed by atoms with Crippen molar-refractivity contribution in [2.75, 3.05) is 47.4 Å². The largest absolute Gasteiger partial charge is 0.480 e. The number of fused-ring (bicyclic) bond motifs is 2. The Morgan fingerprint density at radius 1 is 0.631 bits per heavy atom. The maximum Gasteiger partial charge on any atom is 0.410 e. The number of nitrogens with one attached hydrogen (secondary N) is 2. The summed E-state index contributed by atoms with van der Waals surface area (Å²) in [4.78, 5) is 134. The van der Waals surface area contributed by atoms with Crippen LogP contribution in [-0.4, -0.2) is 201 Å². The summed E-state index contributed by atoms with van der Waals surface area (Å²) in [5.41, 5.74) is -1.47. The van der Waals surface area contributed by atoms with E-state index in [1.54, 1.807) is 41.5 Å². The molecule has 4 saturated heterocycles. The molecule has 0 spiro atoms. The Balaban J connectivity index is 0.000000345. The molecule has 4 heterocycles. The smallest absolute Gasteiger partial charge is 0.410 e. The number of carboxylic acid groups (broad SMARTS) is 1. The van der Waals surface area contributed by atoms with Crippen molar-refractivity contribution >= 4 is 59.6 Å². The summed E-state index contributed by atoms with van der Waals surface area (Å²) in [6.45, 7) is 16.7. The first-order valence-electron chi connectivity index (χ1n) is 22.0. The molecule has 8 amide bonds. The third-order valence-corrected chi connectivity index (χ3v) is 11.9. The summed E-state index contributed by atoms with van der Waals surface area (Å²) < 4.78 is 15.5. The van der Waals surface area contributed by atoms with Gasteiger partial charge in [0.25, 0.3) is 0 Å². The van der Waals surface area contributed by atoms with E-state index in [1.165, 1.54) is 68.5 Å². The van der Waals surface area contributed by atoms with Gasteiger partial charge in [-0.1, -0.05) is 0 Å². The number of carbonyl (C=O) groups excluding carboxylic acids is 9. The molecule has 0 radical (unpaired) electrons. The zero-order valence-corrected chi connectivity index (χ0v) is 40.1. The first-order chi connectivity index (χ1) is 30.0. The Hall–Kier alpha value is -5.70. The van der Waals surface area contributed by atoms with Crippen LogP contribution >= 0.6 is 0 Å². The summed E-state index contributed by atoms with van der Waals surface area (Å²) in [5.74, 6) is -4.20. The highest BCUT2D eigenvalue weighted by Crippen LogP contribution is 2.31. The first-order valence-corrected chi connectivity index (χ1v) is 22.0. The lowest BCUT2D eigenvalue weighted by Gasteiger charge is -2.38. The van der Waals surface area contributed by atoms with E-state index in [-0.39, 0.29) is 37.0 Å². The zero-order valence-electron chi connectivity index (χ0n) is 40.1. The number of esters is 1. The van der Waals surface area contributed by atoms with Gasteiger partial charge in [0.1, 0.15) is 47.5 Å². The minimum Gasteiger partial charge on any atom is -0.480 e. The van der Waals surface area contributed by atoms with E-state index in [1.807, 2.05) is 0 Å². The molecular formula is C43H70N8O14. The fraction of sp³-hybridized carbons (Fsp3) is 0.767. The van der Waals surface area contributed by atoms with Gasteiger partial charge in [-0.3, -0.25) is 38.6 Å². The van der Waals surface area contributed by atoms with Crippen molar-refractivity contribution in [3.8, 4) is 0 Å². The molecule has 0 aliphatic carbocycles. The lowest BCUT2D eigenvalue weighted by Crippen LogP contribution is -2.62. The fourth-order valence-corrected chi connectivity index (χ4v) is 8.07. The Morgan fingerprint density at radius 2 is 0.985 bits per heavy atom. The molecule has 0 aromatic rings. The molecule has 0 unspecified atom stereocenters. The summed E-state index contributed by atoms with van der Waals surface area (Å²) >= 11 is 0. The third-order valence-electron chi connectivity index (χ3n) is 11.9. The maximum atomic E-state index is 13.5. The van der Waals surface area contributed by atoms with Crippen LogP contribution in [0.5, 0.6) is 0 Å². The van der Waals surface area contributed by atoms with Crippen molar-refractivity contribution in [3.05, 3.63) is 0 Å². The summed E-state index contributed by atoms with van der Waals surface area (Å²) in [7, 11) is 4.12. The molecule has 3 N–H and O–H groups in total. The third kappa shape index (κ3) is 14.1. The van der Waals surface area contributed by atoms with Gasteiger partial charge in [0.15, 0.2) is 0 Å². The van der Waals surface area contributed by atoms with Gasteiger partial charge in [0, 0.05) is 66.2 Å². The van der Waals surface area contributed by atoms with Crippen molar-refractivity contribution in [2.45, 2.75) is 167 Å². The van der Waals surface area contributed by atoms with E-state index in [4.69, 9.17) is 14.2 Å². The van der Waals surface area contributed by atoms with E-state index in [2.05, 4.69) is 10.6 Å². The van der Waals surface area contributed by atoms with Gasteiger partial charge in [-0.05, 0) is 93.9 Å². The predicted octanol–water partition coefficient (Wildman–Crippen LogP) is 0.934. The molecule has 4 aliphatic heterocycles. The van der Waals surface area contributed by atoms with Gasteiger partial charge in [-0.25, -0.2) is 19.2 Å². The average molecular weight is 923 g/mol. The van der Waals surface area contributed by atoms with Gasteiger partial charge in [-0.2, -0.15) is 0 Å². The van der Waals surface area contributed by atoms with Crippen LogP contribution in [0.15, 0.2) is 0 Å². The number of aliphatic carboxylic acids is 1. The molecule has 0 saturated carbocycles. The minimum absolute atomic E-state index is 0.0279. The van der Waals surface area contributed by atoms with Crippen LogP contribution in [0.1, 0.15) is 108 Å². The lowest BCUT2D eigenvalue weighted by atomic mass is 10.1. The summed E-state index contributed by atoms with van der Waals surface area (Å²) in [5, 5.41) is 14.9. The second-order valence-corrected chi connectivity index (χ2v) is 19.0. The van der Waals surface area contributed by atoms with E-state index in [9.17, 15) is 53.1 Å². The number of hydrogen-bond acceptors (Lipinski definition) is 13. The quantitative estimate of drug-likeness (QED) is 0.226. The molecule has 0 aromatic heterocycles. The van der Waals surface area contributed by atoms with Crippen LogP contribution in [0.2, 0.25) is 0 Å². The van der Waals surface area contributed by atoms with Crippen molar-refractivity contribution in [1.82, 2.24) is 40.0 Å². The number of amides is 8. The van der Waals surface area contributed by atoms with Crippen molar-refractivity contribution in [2.24, 2.45) is 0 Å². The molecule has 22 nitrogen and oxygen atoms in total. The van der Waals surface area contributed by atoms with E-state index >= 15 is 0 Å². The molecule has 4 aliphatic rings. The lowest BCUT2D eigenvalue weighted by molar-refractivity contribution is -0.155. The second-order valence-electron chi connectivity index (χ2n) is 19.0.